The number of hydrogen-bond acceptors (Lipinski definition) is 2. The molecule has 0 amide bonds. The highest BCUT2D eigenvalue weighted by atomic mass is 16.3. The average molecular weight is 219 g/mol. The topological polar surface area (TPSA) is 23.5 Å². The molecule has 1 aromatic rings. The Hall–Kier alpha value is -0.860. The molecule has 1 saturated heterocycles. The minimum Gasteiger partial charge on any atom is -0.392 e. The van der Waals surface area contributed by atoms with Crippen molar-refractivity contribution in [3.8, 4) is 0 Å². The van der Waals surface area contributed by atoms with E-state index in [4.69, 9.17) is 5.11 Å². The maximum atomic E-state index is 8.95. The van der Waals surface area contributed by atoms with Crippen LogP contribution in [0.15, 0.2) is 24.3 Å². The molecule has 1 heterocycles. The van der Waals surface area contributed by atoms with Crippen molar-refractivity contribution in [2.75, 3.05) is 13.1 Å². The summed E-state index contributed by atoms with van der Waals surface area (Å²) in [5.41, 5.74) is 2.35. The highest BCUT2D eigenvalue weighted by Gasteiger charge is 2.25. The third-order valence-corrected chi connectivity index (χ3v) is 3.34. The van der Waals surface area contributed by atoms with E-state index < -0.39 is 0 Å². The van der Waals surface area contributed by atoms with Gasteiger partial charge in [0.05, 0.1) is 6.61 Å². The van der Waals surface area contributed by atoms with Crippen LogP contribution in [0.3, 0.4) is 0 Å². The van der Waals surface area contributed by atoms with Gasteiger partial charge < -0.3 is 5.11 Å². The molecule has 0 aromatic heterocycles. The molecule has 1 N–H and O–H groups in total. The normalized spacial score (nSPS) is 17.4. The van der Waals surface area contributed by atoms with E-state index in [-0.39, 0.29) is 6.61 Å². The molecule has 1 aliphatic heterocycles. The molecule has 88 valence electrons. The zero-order chi connectivity index (χ0) is 11.4. The van der Waals surface area contributed by atoms with Gasteiger partial charge >= 0.3 is 0 Å². The molecule has 0 atom stereocenters. The van der Waals surface area contributed by atoms with E-state index in [0.717, 1.165) is 18.0 Å². The standard InChI is InChI=1S/C14H21NO/c1-2-3-14-9-15(10-14)8-12-4-6-13(11-16)7-5-12/h4-7,14,16H,2-3,8-11H2,1H3. The predicted molar refractivity (Wildman–Crippen MR) is 66.0 cm³/mol. The summed E-state index contributed by atoms with van der Waals surface area (Å²) in [5, 5.41) is 8.95. The molecule has 1 aromatic carbocycles. The molecule has 0 spiro atoms. The van der Waals surface area contributed by atoms with Crippen LogP contribution in [0.25, 0.3) is 0 Å². The SMILES string of the molecule is CCCC1CN(Cc2ccc(CO)cc2)C1. The Kier molecular flexibility index (Phi) is 3.97. The number of aliphatic hydroxyl groups excluding tert-OH is 1. The summed E-state index contributed by atoms with van der Waals surface area (Å²) >= 11 is 0. The van der Waals surface area contributed by atoms with Crippen molar-refractivity contribution in [1.29, 1.82) is 0 Å². The largest absolute Gasteiger partial charge is 0.392 e. The second-order valence-corrected chi connectivity index (χ2v) is 4.82. The van der Waals surface area contributed by atoms with Crippen molar-refractivity contribution in [3.05, 3.63) is 35.4 Å². The Balaban J connectivity index is 1.78. The quantitative estimate of drug-likeness (QED) is 0.822. The fraction of sp³-hybridized carbons (Fsp3) is 0.571. The third-order valence-electron chi connectivity index (χ3n) is 3.34. The van der Waals surface area contributed by atoms with E-state index in [0.29, 0.717) is 0 Å². The van der Waals surface area contributed by atoms with Gasteiger partial charge in [-0.1, -0.05) is 37.6 Å². The van der Waals surface area contributed by atoms with Crippen LogP contribution >= 0.6 is 0 Å². The van der Waals surface area contributed by atoms with Gasteiger partial charge in [0.15, 0.2) is 0 Å². The van der Waals surface area contributed by atoms with Crippen molar-refractivity contribution in [2.24, 2.45) is 5.92 Å². The van der Waals surface area contributed by atoms with E-state index >= 15 is 0 Å². The van der Waals surface area contributed by atoms with Gasteiger partial charge in [-0.25, -0.2) is 0 Å². The highest BCUT2D eigenvalue weighted by molar-refractivity contribution is 5.22. The van der Waals surface area contributed by atoms with Gasteiger partial charge in [-0.3, -0.25) is 4.90 Å². The molecule has 1 fully saturated rings. The van der Waals surface area contributed by atoms with Crippen LogP contribution in [0.1, 0.15) is 30.9 Å². The average Bonchev–Trinajstić information content (AvgIpc) is 2.27. The van der Waals surface area contributed by atoms with Crippen molar-refractivity contribution in [1.82, 2.24) is 4.90 Å². The smallest absolute Gasteiger partial charge is 0.0681 e. The number of nitrogens with zero attached hydrogens (tertiary/aromatic N) is 1. The molecule has 2 heteroatoms. The number of benzene rings is 1. The first-order valence-electron chi connectivity index (χ1n) is 6.23. The second-order valence-electron chi connectivity index (χ2n) is 4.82. The maximum absolute atomic E-state index is 8.95. The van der Waals surface area contributed by atoms with E-state index in [9.17, 15) is 0 Å². The van der Waals surface area contributed by atoms with E-state index in [1.165, 1.54) is 31.5 Å². The van der Waals surface area contributed by atoms with Gasteiger partial charge in [0.1, 0.15) is 0 Å². The molecule has 0 bridgehead atoms. The molecule has 2 rings (SSSR count). The lowest BCUT2D eigenvalue weighted by molar-refractivity contribution is 0.0859. The minimum atomic E-state index is 0.141. The molecule has 0 aliphatic carbocycles. The molecule has 0 radical (unpaired) electrons. The lowest BCUT2D eigenvalue weighted by Crippen LogP contribution is -2.45. The number of likely N-dealkylation sites (tertiary alicyclic amines) is 1. The van der Waals surface area contributed by atoms with Crippen LogP contribution in [0.2, 0.25) is 0 Å². The summed E-state index contributed by atoms with van der Waals surface area (Å²) in [6.07, 6.45) is 2.68. The van der Waals surface area contributed by atoms with Gasteiger partial charge in [-0.2, -0.15) is 0 Å². The minimum absolute atomic E-state index is 0.141. The first-order chi connectivity index (χ1) is 7.81. The van der Waals surface area contributed by atoms with E-state index in [1.807, 2.05) is 12.1 Å². The molecular weight excluding hydrogens is 198 g/mol. The fourth-order valence-electron chi connectivity index (χ4n) is 2.41. The Morgan fingerprint density at radius 2 is 1.81 bits per heavy atom. The van der Waals surface area contributed by atoms with Crippen molar-refractivity contribution >= 4 is 0 Å². The van der Waals surface area contributed by atoms with Gasteiger partial charge in [0, 0.05) is 19.6 Å². The lowest BCUT2D eigenvalue weighted by atomic mass is 9.94. The third kappa shape index (κ3) is 2.83. The van der Waals surface area contributed by atoms with Gasteiger partial charge in [-0.15, -0.1) is 0 Å². The summed E-state index contributed by atoms with van der Waals surface area (Å²) in [6, 6.07) is 8.27. The second kappa shape index (κ2) is 5.46. The molecule has 0 unspecified atom stereocenters. The van der Waals surface area contributed by atoms with E-state index in [1.54, 1.807) is 0 Å². The zero-order valence-corrected chi connectivity index (χ0v) is 10.0. The molecule has 1 aliphatic rings. The molecule has 16 heavy (non-hydrogen) atoms. The Labute approximate surface area is 97.9 Å². The summed E-state index contributed by atoms with van der Waals surface area (Å²) in [4.78, 5) is 2.49. The molecular formula is C14H21NO. The van der Waals surface area contributed by atoms with Gasteiger partial charge in [0.2, 0.25) is 0 Å². The number of rotatable bonds is 5. The number of hydrogen-bond donors (Lipinski definition) is 1. The predicted octanol–water partition coefficient (Wildman–Crippen LogP) is 2.41. The molecule has 2 nitrogen and oxygen atoms in total. The Morgan fingerprint density at radius 3 is 2.38 bits per heavy atom. The van der Waals surface area contributed by atoms with Crippen molar-refractivity contribution in [3.63, 3.8) is 0 Å². The summed E-state index contributed by atoms with van der Waals surface area (Å²) in [5.74, 6) is 0.932. The van der Waals surface area contributed by atoms with Crippen LogP contribution in [0, 0.1) is 5.92 Å². The van der Waals surface area contributed by atoms with Gasteiger partial charge in [-0.05, 0) is 23.5 Å². The summed E-state index contributed by atoms with van der Waals surface area (Å²) < 4.78 is 0. The molecule has 0 saturated carbocycles. The van der Waals surface area contributed by atoms with Gasteiger partial charge in [0.25, 0.3) is 0 Å². The van der Waals surface area contributed by atoms with Crippen LogP contribution in [0.4, 0.5) is 0 Å². The Bertz CT molecular complexity index is 314. The number of aliphatic hydroxyl groups is 1. The van der Waals surface area contributed by atoms with Crippen LogP contribution in [-0.4, -0.2) is 23.1 Å². The lowest BCUT2D eigenvalue weighted by Gasteiger charge is -2.39. The van der Waals surface area contributed by atoms with Crippen LogP contribution in [-0.2, 0) is 13.2 Å². The van der Waals surface area contributed by atoms with E-state index in [2.05, 4.69) is 24.0 Å². The first-order valence-corrected chi connectivity index (χ1v) is 6.23. The Morgan fingerprint density at radius 1 is 1.19 bits per heavy atom. The van der Waals surface area contributed by atoms with Crippen molar-refractivity contribution < 1.29 is 5.11 Å². The monoisotopic (exact) mass is 219 g/mol. The zero-order valence-electron chi connectivity index (χ0n) is 10.0. The fourth-order valence-corrected chi connectivity index (χ4v) is 2.41. The summed E-state index contributed by atoms with van der Waals surface area (Å²) in [6.45, 7) is 5.98. The maximum Gasteiger partial charge on any atom is 0.0681 e. The van der Waals surface area contributed by atoms with Crippen molar-refractivity contribution in [2.45, 2.75) is 32.9 Å². The first kappa shape index (κ1) is 11.6. The van der Waals surface area contributed by atoms with Crippen LogP contribution in [0.5, 0.6) is 0 Å². The highest BCUT2D eigenvalue weighted by Crippen LogP contribution is 2.22. The summed E-state index contributed by atoms with van der Waals surface area (Å²) in [7, 11) is 0. The van der Waals surface area contributed by atoms with Crippen LogP contribution < -0.4 is 0 Å².